The molecule has 7 heteroatoms. The van der Waals surface area contributed by atoms with Crippen LogP contribution in [0.2, 0.25) is 0 Å². The van der Waals surface area contributed by atoms with Crippen LogP contribution in [0.4, 0.5) is 0 Å². The number of nitrogens with zero attached hydrogens (tertiary/aromatic N) is 3. The van der Waals surface area contributed by atoms with Crippen molar-refractivity contribution < 1.29 is 10.0 Å². The molecule has 2 heterocycles. The number of hydrogen-bond donors (Lipinski definition) is 3. The van der Waals surface area contributed by atoms with Gasteiger partial charge in [0.05, 0.1) is 6.20 Å². The topological polar surface area (TPSA) is 82.4 Å². The molecule has 1 aliphatic carbocycles. The van der Waals surface area contributed by atoms with Gasteiger partial charge in [0.25, 0.3) is 5.91 Å². The van der Waals surface area contributed by atoms with Gasteiger partial charge in [0.2, 0.25) is 0 Å². The average molecular weight is 440 g/mol. The quantitative estimate of drug-likeness (QED) is 0.391. The third kappa shape index (κ3) is 5.97. The van der Waals surface area contributed by atoms with Crippen LogP contribution in [0.25, 0.3) is 0 Å². The molecule has 1 aliphatic heterocycles. The number of nitrogens with one attached hydrogen (secondary N) is 2. The van der Waals surface area contributed by atoms with Gasteiger partial charge in [-0.05, 0) is 101 Å². The predicted molar refractivity (Wildman–Crippen MR) is 125 cm³/mol. The number of amides is 1. The number of aryl methyl sites for hydroxylation is 1. The van der Waals surface area contributed by atoms with E-state index in [9.17, 15) is 4.79 Å². The van der Waals surface area contributed by atoms with Gasteiger partial charge in [-0.1, -0.05) is 12.1 Å². The molecule has 1 aromatic carbocycles. The van der Waals surface area contributed by atoms with Crippen LogP contribution in [0, 0.1) is 5.92 Å². The monoisotopic (exact) mass is 439 g/mol. The number of likely N-dealkylation sites (tertiary alicyclic amines) is 1. The molecule has 2 aliphatic rings. The molecule has 0 radical (unpaired) electrons. The van der Waals surface area contributed by atoms with Crippen molar-refractivity contribution in [3.63, 3.8) is 0 Å². The van der Waals surface area contributed by atoms with Crippen LogP contribution in [0.1, 0.15) is 73.0 Å². The summed E-state index contributed by atoms with van der Waals surface area (Å²) in [5, 5.41) is 17.0. The van der Waals surface area contributed by atoms with E-state index in [2.05, 4.69) is 40.0 Å². The van der Waals surface area contributed by atoms with E-state index in [0.29, 0.717) is 23.6 Å². The van der Waals surface area contributed by atoms with Crippen molar-refractivity contribution in [2.45, 2.75) is 64.0 Å². The fraction of sp³-hybridized carbons (Fsp3) is 0.600. The van der Waals surface area contributed by atoms with Crippen molar-refractivity contribution in [1.29, 1.82) is 0 Å². The molecule has 32 heavy (non-hydrogen) atoms. The van der Waals surface area contributed by atoms with Gasteiger partial charge in [-0.2, -0.15) is 5.10 Å². The summed E-state index contributed by atoms with van der Waals surface area (Å²) in [6.07, 6.45) is 10.2. The van der Waals surface area contributed by atoms with E-state index in [1.54, 1.807) is 17.6 Å². The molecule has 4 rings (SSSR count). The number of hydrogen-bond acceptors (Lipinski definition) is 5. The highest BCUT2D eigenvalue weighted by molar-refractivity contribution is 5.93. The molecule has 1 aromatic heterocycles. The Labute approximate surface area is 191 Å². The van der Waals surface area contributed by atoms with Gasteiger partial charge in [0.15, 0.2) is 0 Å². The molecule has 7 nitrogen and oxygen atoms in total. The van der Waals surface area contributed by atoms with Crippen LogP contribution in [-0.4, -0.2) is 58.0 Å². The van der Waals surface area contributed by atoms with Gasteiger partial charge >= 0.3 is 0 Å². The fourth-order valence-corrected chi connectivity index (χ4v) is 4.74. The molecule has 2 atom stereocenters. The molecule has 0 bridgehead atoms. The van der Waals surface area contributed by atoms with Gasteiger partial charge < -0.3 is 10.2 Å². The zero-order chi connectivity index (χ0) is 22.5. The standard InChI is InChI=1S/C25H37N5O2/c1-18(2)30-17-22(16-27-30)23-14-24(23)26-15-20-9-12-29(13-10-20)11-3-4-19-5-7-21(8-6-19)25(31)28-32/h5-8,16-18,20,23-24,26,32H,3-4,9-15H2,1-2H3,(H,28,31). The maximum absolute atomic E-state index is 11.4. The Bertz CT molecular complexity index is 871. The first-order valence-corrected chi connectivity index (χ1v) is 12.1. The van der Waals surface area contributed by atoms with Crippen molar-refractivity contribution >= 4 is 5.91 Å². The Morgan fingerprint density at radius 3 is 2.62 bits per heavy atom. The van der Waals surface area contributed by atoms with E-state index >= 15 is 0 Å². The highest BCUT2D eigenvalue weighted by Gasteiger charge is 2.39. The number of hydroxylamine groups is 1. The number of benzene rings is 1. The Morgan fingerprint density at radius 2 is 1.97 bits per heavy atom. The highest BCUT2D eigenvalue weighted by atomic mass is 16.5. The molecule has 2 unspecified atom stereocenters. The van der Waals surface area contributed by atoms with E-state index in [4.69, 9.17) is 5.21 Å². The summed E-state index contributed by atoms with van der Waals surface area (Å²) in [7, 11) is 0. The van der Waals surface area contributed by atoms with Crippen LogP contribution >= 0.6 is 0 Å². The van der Waals surface area contributed by atoms with Gasteiger partial charge in [0, 0.05) is 29.8 Å². The van der Waals surface area contributed by atoms with Crippen molar-refractivity contribution in [3.05, 3.63) is 53.3 Å². The predicted octanol–water partition coefficient (Wildman–Crippen LogP) is 3.37. The number of carbonyl (C=O) groups excluding carboxylic acids is 1. The molecule has 1 saturated carbocycles. The van der Waals surface area contributed by atoms with Crippen LogP contribution in [0.5, 0.6) is 0 Å². The minimum absolute atomic E-state index is 0.430. The maximum atomic E-state index is 11.4. The Balaban J connectivity index is 1.09. The molecule has 174 valence electrons. The third-order valence-corrected chi connectivity index (χ3v) is 7.00. The van der Waals surface area contributed by atoms with Crippen molar-refractivity contribution in [1.82, 2.24) is 25.5 Å². The molecule has 1 saturated heterocycles. The molecular formula is C25H37N5O2. The summed E-state index contributed by atoms with van der Waals surface area (Å²) in [5.74, 6) is 0.971. The molecule has 1 amide bonds. The second kappa shape index (κ2) is 10.6. The summed E-state index contributed by atoms with van der Waals surface area (Å²) >= 11 is 0. The van der Waals surface area contributed by atoms with E-state index in [0.717, 1.165) is 31.8 Å². The van der Waals surface area contributed by atoms with E-state index in [1.807, 2.05) is 18.3 Å². The highest BCUT2D eigenvalue weighted by Crippen LogP contribution is 2.41. The fourth-order valence-electron chi connectivity index (χ4n) is 4.74. The molecular weight excluding hydrogens is 402 g/mol. The summed E-state index contributed by atoms with van der Waals surface area (Å²) < 4.78 is 2.06. The summed E-state index contributed by atoms with van der Waals surface area (Å²) in [6.45, 7) is 8.99. The summed E-state index contributed by atoms with van der Waals surface area (Å²) in [5.41, 5.74) is 4.77. The van der Waals surface area contributed by atoms with Crippen LogP contribution in [0.3, 0.4) is 0 Å². The van der Waals surface area contributed by atoms with Crippen molar-refractivity contribution in [2.24, 2.45) is 5.92 Å². The SMILES string of the molecule is CC(C)n1cc(C2CC2NCC2CCN(CCCc3ccc(C(=O)NO)cc3)CC2)cn1. The van der Waals surface area contributed by atoms with Crippen molar-refractivity contribution in [3.8, 4) is 0 Å². The summed E-state index contributed by atoms with van der Waals surface area (Å²) in [6, 6.07) is 8.54. The lowest BCUT2D eigenvalue weighted by Crippen LogP contribution is -2.38. The molecule has 2 fully saturated rings. The lowest BCUT2D eigenvalue weighted by Gasteiger charge is -2.32. The van der Waals surface area contributed by atoms with Gasteiger partial charge in [0.1, 0.15) is 0 Å². The minimum atomic E-state index is -0.464. The second-order valence-corrected chi connectivity index (χ2v) is 9.73. The zero-order valence-corrected chi connectivity index (χ0v) is 19.3. The van der Waals surface area contributed by atoms with Gasteiger partial charge in [-0.25, -0.2) is 5.48 Å². The first-order valence-electron chi connectivity index (χ1n) is 12.1. The van der Waals surface area contributed by atoms with E-state index in [-0.39, 0.29) is 0 Å². The first-order chi connectivity index (χ1) is 15.5. The maximum Gasteiger partial charge on any atom is 0.274 e. The Morgan fingerprint density at radius 1 is 1.22 bits per heavy atom. The minimum Gasteiger partial charge on any atom is -0.313 e. The zero-order valence-electron chi connectivity index (χ0n) is 19.3. The van der Waals surface area contributed by atoms with Crippen LogP contribution in [-0.2, 0) is 6.42 Å². The first kappa shape index (κ1) is 23.0. The second-order valence-electron chi connectivity index (χ2n) is 9.73. The van der Waals surface area contributed by atoms with E-state index < -0.39 is 5.91 Å². The summed E-state index contributed by atoms with van der Waals surface area (Å²) in [4.78, 5) is 14.0. The largest absolute Gasteiger partial charge is 0.313 e. The number of piperidine rings is 1. The molecule has 0 spiro atoms. The lowest BCUT2D eigenvalue weighted by atomic mass is 9.96. The van der Waals surface area contributed by atoms with E-state index in [1.165, 1.54) is 43.5 Å². The number of carbonyl (C=O) groups is 1. The average Bonchev–Trinajstić information content (AvgIpc) is 3.42. The normalized spacial score (nSPS) is 21.8. The van der Waals surface area contributed by atoms with Gasteiger partial charge in [-0.3, -0.25) is 14.7 Å². The Kier molecular flexibility index (Phi) is 7.60. The van der Waals surface area contributed by atoms with Crippen molar-refractivity contribution in [2.75, 3.05) is 26.2 Å². The number of aromatic nitrogens is 2. The van der Waals surface area contributed by atoms with Crippen LogP contribution in [0.15, 0.2) is 36.7 Å². The lowest BCUT2D eigenvalue weighted by molar-refractivity contribution is 0.0706. The smallest absolute Gasteiger partial charge is 0.274 e. The van der Waals surface area contributed by atoms with Gasteiger partial charge in [-0.15, -0.1) is 0 Å². The number of rotatable bonds is 10. The van der Waals surface area contributed by atoms with Crippen LogP contribution < -0.4 is 10.8 Å². The Hall–Kier alpha value is -2.22. The molecule has 2 aromatic rings. The third-order valence-electron chi connectivity index (χ3n) is 7.00. The molecule has 3 N–H and O–H groups in total.